The lowest BCUT2D eigenvalue weighted by Crippen LogP contribution is -2.06. The summed E-state index contributed by atoms with van der Waals surface area (Å²) in [4.78, 5) is 0. The maximum Gasteiger partial charge on any atom is 0.128 e. The molecule has 0 fully saturated rings. The molecular weight excluding hydrogens is 237 g/mol. The van der Waals surface area contributed by atoms with Crippen molar-refractivity contribution in [1.29, 1.82) is 5.26 Å². The highest BCUT2D eigenvalue weighted by Gasteiger charge is 2.01. The standard InChI is InChI=1S/C13H16FNO3/c1-16-5-6-17-3-2-4-18-13-8-11(10-15)7-12(14)9-13/h7-9H,2-6H2,1H3. The molecule has 98 valence electrons. The van der Waals surface area contributed by atoms with Crippen LogP contribution in [0.4, 0.5) is 4.39 Å². The highest BCUT2D eigenvalue weighted by molar-refractivity contribution is 5.36. The van der Waals surface area contributed by atoms with Gasteiger partial charge in [0.15, 0.2) is 0 Å². The smallest absolute Gasteiger partial charge is 0.128 e. The molecule has 0 spiro atoms. The van der Waals surface area contributed by atoms with E-state index in [1.807, 2.05) is 6.07 Å². The Labute approximate surface area is 106 Å². The molecule has 5 heteroatoms. The molecule has 0 saturated carbocycles. The predicted octanol–water partition coefficient (Wildman–Crippen LogP) is 2.13. The van der Waals surface area contributed by atoms with E-state index < -0.39 is 5.82 Å². The van der Waals surface area contributed by atoms with Gasteiger partial charge in [0, 0.05) is 26.2 Å². The van der Waals surface area contributed by atoms with Crippen molar-refractivity contribution in [3.05, 3.63) is 29.6 Å². The first-order valence-corrected chi connectivity index (χ1v) is 5.66. The van der Waals surface area contributed by atoms with E-state index >= 15 is 0 Å². The van der Waals surface area contributed by atoms with E-state index in [-0.39, 0.29) is 5.56 Å². The molecule has 1 aromatic carbocycles. The summed E-state index contributed by atoms with van der Waals surface area (Å²) < 4.78 is 28.5. The summed E-state index contributed by atoms with van der Waals surface area (Å²) in [6.45, 7) is 2.09. The van der Waals surface area contributed by atoms with E-state index in [9.17, 15) is 4.39 Å². The summed E-state index contributed by atoms with van der Waals surface area (Å²) in [5, 5.41) is 8.67. The highest BCUT2D eigenvalue weighted by atomic mass is 19.1. The molecule has 0 atom stereocenters. The van der Waals surface area contributed by atoms with Crippen LogP contribution in [0.3, 0.4) is 0 Å². The lowest BCUT2D eigenvalue weighted by Gasteiger charge is -2.07. The van der Waals surface area contributed by atoms with Crippen molar-refractivity contribution in [1.82, 2.24) is 0 Å². The highest BCUT2D eigenvalue weighted by Crippen LogP contribution is 2.15. The Bertz CT molecular complexity index is 404. The molecule has 0 aliphatic rings. The third kappa shape index (κ3) is 5.62. The van der Waals surface area contributed by atoms with Crippen LogP contribution < -0.4 is 4.74 Å². The van der Waals surface area contributed by atoms with E-state index in [1.54, 1.807) is 7.11 Å². The number of halogens is 1. The van der Waals surface area contributed by atoms with Gasteiger partial charge in [-0.05, 0) is 12.1 Å². The van der Waals surface area contributed by atoms with Crippen LogP contribution in [0, 0.1) is 17.1 Å². The van der Waals surface area contributed by atoms with Gasteiger partial charge in [0.25, 0.3) is 0 Å². The molecule has 1 aromatic rings. The molecule has 0 aromatic heterocycles. The lowest BCUT2D eigenvalue weighted by atomic mass is 10.2. The quantitative estimate of drug-likeness (QED) is 0.666. The number of benzene rings is 1. The van der Waals surface area contributed by atoms with Gasteiger partial charge in [-0.1, -0.05) is 0 Å². The summed E-state index contributed by atoms with van der Waals surface area (Å²) in [6, 6.07) is 5.81. The van der Waals surface area contributed by atoms with Crippen LogP contribution in [0.15, 0.2) is 18.2 Å². The van der Waals surface area contributed by atoms with Crippen LogP contribution in [0.2, 0.25) is 0 Å². The molecule has 0 bridgehead atoms. The zero-order valence-electron chi connectivity index (χ0n) is 10.3. The van der Waals surface area contributed by atoms with Gasteiger partial charge in [-0.25, -0.2) is 4.39 Å². The molecule has 4 nitrogen and oxygen atoms in total. The van der Waals surface area contributed by atoms with Crippen molar-refractivity contribution in [2.45, 2.75) is 6.42 Å². The van der Waals surface area contributed by atoms with Crippen LogP contribution in [0.5, 0.6) is 5.75 Å². The minimum absolute atomic E-state index is 0.251. The number of hydrogen-bond acceptors (Lipinski definition) is 4. The monoisotopic (exact) mass is 253 g/mol. The molecule has 0 aliphatic heterocycles. The summed E-state index contributed by atoms with van der Waals surface area (Å²) >= 11 is 0. The molecule has 0 N–H and O–H groups in total. The number of nitriles is 1. The van der Waals surface area contributed by atoms with Crippen LogP contribution in [-0.2, 0) is 9.47 Å². The van der Waals surface area contributed by atoms with Crippen LogP contribution in [0.25, 0.3) is 0 Å². The summed E-state index contributed by atoms with van der Waals surface area (Å²) in [6.07, 6.45) is 0.697. The molecular formula is C13H16FNO3. The number of hydrogen-bond donors (Lipinski definition) is 0. The van der Waals surface area contributed by atoms with E-state index in [0.29, 0.717) is 38.6 Å². The van der Waals surface area contributed by atoms with E-state index in [0.717, 1.165) is 0 Å². The maximum absolute atomic E-state index is 13.1. The molecule has 0 radical (unpaired) electrons. The molecule has 0 aliphatic carbocycles. The van der Waals surface area contributed by atoms with Crippen molar-refractivity contribution in [3.63, 3.8) is 0 Å². The second-order valence-electron chi connectivity index (χ2n) is 3.59. The molecule has 0 heterocycles. The molecule has 18 heavy (non-hydrogen) atoms. The fraction of sp³-hybridized carbons (Fsp3) is 0.462. The third-order valence-corrected chi connectivity index (χ3v) is 2.13. The summed E-state index contributed by atoms with van der Waals surface area (Å²) in [7, 11) is 1.61. The van der Waals surface area contributed by atoms with E-state index in [4.69, 9.17) is 19.5 Å². The molecule has 0 unspecified atom stereocenters. The first-order chi connectivity index (χ1) is 8.76. The van der Waals surface area contributed by atoms with Crippen LogP contribution >= 0.6 is 0 Å². The average molecular weight is 253 g/mol. The van der Waals surface area contributed by atoms with Gasteiger partial charge in [-0.2, -0.15) is 5.26 Å². The fourth-order valence-corrected chi connectivity index (χ4v) is 1.31. The van der Waals surface area contributed by atoms with Crippen molar-refractivity contribution in [3.8, 4) is 11.8 Å². The van der Waals surface area contributed by atoms with Crippen molar-refractivity contribution in [2.75, 3.05) is 33.5 Å². The lowest BCUT2D eigenvalue weighted by molar-refractivity contribution is 0.0644. The van der Waals surface area contributed by atoms with Gasteiger partial charge in [0.1, 0.15) is 11.6 Å². The Kier molecular flexibility index (Phi) is 6.77. The Balaban J connectivity index is 2.23. The minimum atomic E-state index is -0.472. The van der Waals surface area contributed by atoms with Gasteiger partial charge < -0.3 is 14.2 Å². The first kappa shape index (κ1) is 14.4. The van der Waals surface area contributed by atoms with Gasteiger partial charge in [0.05, 0.1) is 31.5 Å². The minimum Gasteiger partial charge on any atom is -0.493 e. The zero-order chi connectivity index (χ0) is 13.2. The zero-order valence-corrected chi connectivity index (χ0v) is 10.3. The number of methoxy groups -OCH3 is 1. The summed E-state index contributed by atoms with van der Waals surface area (Å²) in [5.74, 6) is -0.108. The average Bonchev–Trinajstić information content (AvgIpc) is 2.37. The van der Waals surface area contributed by atoms with E-state index in [2.05, 4.69) is 0 Å². The van der Waals surface area contributed by atoms with Crippen molar-refractivity contribution >= 4 is 0 Å². The largest absolute Gasteiger partial charge is 0.493 e. The summed E-state index contributed by atoms with van der Waals surface area (Å²) in [5.41, 5.74) is 0.251. The topological polar surface area (TPSA) is 51.5 Å². The Morgan fingerprint density at radius 2 is 2.00 bits per heavy atom. The maximum atomic E-state index is 13.1. The van der Waals surface area contributed by atoms with Crippen molar-refractivity contribution < 1.29 is 18.6 Å². The number of rotatable bonds is 8. The van der Waals surface area contributed by atoms with Gasteiger partial charge >= 0.3 is 0 Å². The molecule has 1 rings (SSSR count). The number of nitrogens with zero attached hydrogens (tertiary/aromatic N) is 1. The Morgan fingerprint density at radius 1 is 1.17 bits per heavy atom. The third-order valence-electron chi connectivity index (χ3n) is 2.13. The van der Waals surface area contributed by atoms with Gasteiger partial charge in [-0.15, -0.1) is 0 Å². The Morgan fingerprint density at radius 3 is 2.72 bits per heavy atom. The fourth-order valence-electron chi connectivity index (χ4n) is 1.31. The first-order valence-electron chi connectivity index (χ1n) is 5.66. The second kappa shape index (κ2) is 8.45. The normalized spacial score (nSPS) is 10.1. The SMILES string of the molecule is COCCOCCCOc1cc(F)cc(C#N)c1. The molecule has 0 saturated heterocycles. The van der Waals surface area contributed by atoms with Crippen LogP contribution in [-0.4, -0.2) is 33.5 Å². The molecule has 0 amide bonds. The predicted molar refractivity (Wildman–Crippen MR) is 63.9 cm³/mol. The van der Waals surface area contributed by atoms with Gasteiger partial charge in [0.2, 0.25) is 0 Å². The van der Waals surface area contributed by atoms with Gasteiger partial charge in [-0.3, -0.25) is 0 Å². The second-order valence-corrected chi connectivity index (χ2v) is 3.59. The number of ether oxygens (including phenoxy) is 3. The van der Waals surface area contributed by atoms with Crippen molar-refractivity contribution in [2.24, 2.45) is 0 Å². The van der Waals surface area contributed by atoms with E-state index in [1.165, 1.54) is 18.2 Å². The van der Waals surface area contributed by atoms with Crippen LogP contribution in [0.1, 0.15) is 12.0 Å². The Hall–Kier alpha value is -1.64.